The van der Waals surface area contributed by atoms with Gasteiger partial charge in [0.2, 0.25) is 0 Å². The van der Waals surface area contributed by atoms with Crippen LogP contribution in [0.3, 0.4) is 0 Å². The van der Waals surface area contributed by atoms with Crippen LogP contribution >= 0.6 is 22.9 Å². The maximum Gasteiger partial charge on any atom is 0.164 e. The lowest BCUT2D eigenvalue weighted by atomic mass is 10.00. The van der Waals surface area contributed by atoms with Crippen LogP contribution in [0.25, 0.3) is 5.00 Å². The zero-order valence-corrected chi connectivity index (χ0v) is 15.8. The van der Waals surface area contributed by atoms with Crippen molar-refractivity contribution in [3.05, 3.63) is 62.5 Å². The smallest absolute Gasteiger partial charge is 0.164 e. The number of aryl methyl sites for hydroxylation is 2. The third kappa shape index (κ3) is 2.52. The number of aromatic nitrogens is 3. The fourth-order valence-corrected chi connectivity index (χ4v) is 4.49. The summed E-state index contributed by atoms with van der Waals surface area (Å²) in [5.41, 5.74) is 10.4. The predicted octanol–water partition coefficient (Wildman–Crippen LogP) is 3.76. The molecule has 0 spiro atoms. The molecule has 1 aromatic carbocycles. The number of fused-ring (bicyclic) bond motifs is 3. The summed E-state index contributed by atoms with van der Waals surface area (Å²) in [6.07, 6.45) is 0. The van der Waals surface area contributed by atoms with E-state index in [0.717, 1.165) is 33.5 Å². The maximum absolute atomic E-state index is 6.07. The van der Waals surface area contributed by atoms with E-state index >= 15 is 0 Å². The predicted molar refractivity (Wildman–Crippen MR) is 102 cm³/mol. The van der Waals surface area contributed by atoms with Gasteiger partial charge in [0.05, 0.1) is 5.71 Å². The van der Waals surface area contributed by atoms with Crippen molar-refractivity contribution in [1.82, 2.24) is 14.8 Å². The molecule has 2 N–H and O–H groups in total. The average Bonchev–Trinajstić information content (AvgIpc) is 3.06. The molecule has 0 bridgehead atoms. The second-order valence-electron chi connectivity index (χ2n) is 6.14. The van der Waals surface area contributed by atoms with Crippen LogP contribution in [0.4, 0.5) is 0 Å². The normalized spacial score (nSPS) is 16.2. The van der Waals surface area contributed by atoms with Crippen LogP contribution < -0.4 is 5.73 Å². The van der Waals surface area contributed by atoms with Crippen LogP contribution in [-0.4, -0.2) is 27.0 Å². The Balaban J connectivity index is 2.05. The first kappa shape index (κ1) is 16.4. The zero-order valence-electron chi connectivity index (χ0n) is 14.2. The van der Waals surface area contributed by atoms with E-state index in [1.54, 1.807) is 11.3 Å². The molecule has 128 valence electrons. The van der Waals surface area contributed by atoms with Gasteiger partial charge < -0.3 is 5.73 Å². The zero-order chi connectivity index (χ0) is 17.7. The van der Waals surface area contributed by atoms with Gasteiger partial charge in [-0.15, -0.1) is 21.5 Å². The molecule has 7 heteroatoms. The first-order chi connectivity index (χ1) is 12.0. The van der Waals surface area contributed by atoms with Crippen LogP contribution in [0, 0.1) is 20.8 Å². The molecule has 1 aliphatic rings. The Bertz CT molecular complexity index is 984. The lowest BCUT2D eigenvalue weighted by molar-refractivity contribution is 0.671. The third-order valence-corrected chi connectivity index (χ3v) is 6.02. The van der Waals surface area contributed by atoms with Crippen molar-refractivity contribution >= 4 is 28.6 Å². The number of benzene rings is 1. The number of nitrogens with zero attached hydrogens (tertiary/aromatic N) is 4. The topological polar surface area (TPSA) is 69.1 Å². The van der Waals surface area contributed by atoms with E-state index in [0.29, 0.717) is 11.6 Å². The Labute approximate surface area is 155 Å². The van der Waals surface area contributed by atoms with E-state index in [-0.39, 0.29) is 6.04 Å². The monoisotopic (exact) mass is 371 g/mol. The maximum atomic E-state index is 6.07. The Morgan fingerprint density at radius 1 is 1.16 bits per heavy atom. The van der Waals surface area contributed by atoms with Crippen molar-refractivity contribution in [1.29, 1.82) is 0 Å². The van der Waals surface area contributed by atoms with Crippen LogP contribution in [0.2, 0.25) is 5.02 Å². The molecule has 0 saturated heterocycles. The Morgan fingerprint density at radius 3 is 2.56 bits per heavy atom. The Hall–Kier alpha value is -2.02. The van der Waals surface area contributed by atoms with Gasteiger partial charge in [-0.05, 0) is 38.5 Å². The number of hydrogen-bond donors (Lipinski definition) is 1. The average molecular weight is 372 g/mol. The highest BCUT2D eigenvalue weighted by atomic mass is 35.5. The van der Waals surface area contributed by atoms with Crippen LogP contribution in [-0.2, 0) is 0 Å². The highest BCUT2D eigenvalue weighted by Crippen LogP contribution is 2.38. The molecular formula is C18H18ClN5S. The molecule has 25 heavy (non-hydrogen) atoms. The van der Waals surface area contributed by atoms with Crippen molar-refractivity contribution in [2.24, 2.45) is 10.7 Å². The minimum atomic E-state index is -0.230. The number of rotatable bonds is 2. The molecule has 1 atom stereocenters. The molecule has 1 aliphatic heterocycles. The van der Waals surface area contributed by atoms with Gasteiger partial charge in [-0.3, -0.25) is 9.56 Å². The molecule has 0 aliphatic carbocycles. The number of hydrogen-bond acceptors (Lipinski definition) is 5. The minimum Gasteiger partial charge on any atom is -0.328 e. The number of halogens is 1. The molecule has 0 radical (unpaired) electrons. The summed E-state index contributed by atoms with van der Waals surface area (Å²) in [4.78, 5) is 6.26. The molecule has 3 aromatic rings. The second-order valence-corrected chi connectivity index (χ2v) is 7.78. The molecule has 0 fully saturated rings. The van der Waals surface area contributed by atoms with E-state index in [1.165, 1.54) is 10.4 Å². The fraction of sp³-hybridized carbons (Fsp3) is 0.278. The molecule has 5 nitrogen and oxygen atoms in total. The second kappa shape index (κ2) is 6.05. The molecule has 0 amide bonds. The van der Waals surface area contributed by atoms with Gasteiger partial charge in [0, 0.05) is 27.6 Å². The van der Waals surface area contributed by atoms with Crippen LogP contribution in [0.1, 0.15) is 39.3 Å². The van der Waals surface area contributed by atoms with Gasteiger partial charge in [0.25, 0.3) is 0 Å². The van der Waals surface area contributed by atoms with E-state index < -0.39 is 0 Å². The van der Waals surface area contributed by atoms with Crippen molar-refractivity contribution in [2.75, 3.05) is 6.54 Å². The van der Waals surface area contributed by atoms with E-state index in [9.17, 15) is 0 Å². The number of thiophene rings is 1. The summed E-state index contributed by atoms with van der Waals surface area (Å²) >= 11 is 7.81. The summed E-state index contributed by atoms with van der Waals surface area (Å²) in [6, 6.07) is 7.56. The van der Waals surface area contributed by atoms with Crippen LogP contribution in [0.5, 0.6) is 0 Å². The molecule has 4 rings (SSSR count). The molecule has 2 aromatic heterocycles. The summed E-state index contributed by atoms with van der Waals surface area (Å²) in [5, 5.41) is 10.4. The molecule has 3 heterocycles. The molecular weight excluding hydrogens is 354 g/mol. The quantitative estimate of drug-likeness (QED) is 0.745. The van der Waals surface area contributed by atoms with E-state index in [2.05, 4.69) is 28.6 Å². The van der Waals surface area contributed by atoms with Gasteiger partial charge in [0.15, 0.2) is 5.82 Å². The van der Waals surface area contributed by atoms with Gasteiger partial charge in [-0.2, -0.15) is 0 Å². The summed E-state index contributed by atoms with van der Waals surface area (Å²) < 4.78 is 2.10. The summed E-state index contributed by atoms with van der Waals surface area (Å²) in [5.74, 6) is 1.65. The van der Waals surface area contributed by atoms with Crippen molar-refractivity contribution in [3.8, 4) is 5.00 Å². The van der Waals surface area contributed by atoms with E-state index in [4.69, 9.17) is 22.3 Å². The molecule has 1 unspecified atom stereocenters. The highest BCUT2D eigenvalue weighted by molar-refractivity contribution is 7.15. The lowest BCUT2D eigenvalue weighted by Gasteiger charge is -2.10. The first-order valence-electron chi connectivity index (χ1n) is 8.07. The first-order valence-corrected chi connectivity index (χ1v) is 9.27. The van der Waals surface area contributed by atoms with Crippen molar-refractivity contribution in [3.63, 3.8) is 0 Å². The van der Waals surface area contributed by atoms with Crippen LogP contribution in [0.15, 0.2) is 29.3 Å². The van der Waals surface area contributed by atoms with Crippen molar-refractivity contribution < 1.29 is 0 Å². The molecule has 0 saturated carbocycles. The SMILES string of the molecule is Cc1sc2c(c1C)C(c1ccc(Cl)cc1)=NC(CN)c1nnc(C)n1-2. The van der Waals surface area contributed by atoms with Gasteiger partial charge in [-0.1, -0.05) is 23.7 Å². The summed E-state index contributed by atoms with van der Waals surface area (Å²) in [7, 11) is 0. The van der Waals surface area contributed by atoms with Gasteiger partial charge >= 0.3 is 0 Å². The third-order valence-electron chi connectivity index (χ3n) is 4.58. The minimum absolute atomic E-state index is 0.230. The summed E-state index contributed by atoms with van der Waals surface area (Å²) in [6.45, 7) is 6.61. The highest BCUT2D eigenvalue weighted by Gasteiger charge is 2.30. The Kier molecular flexibility index (Phi) is 3.98. The van der Waals surface area contributed by atoms with E-state index in [1.807, 2.05) is 31.2 Å². The Morgan fingerprint density at radius 2 is 1.88 bits per heavy atom. The fourth-order valence-electron chi connectivity index (χ4n) is 3.15. The number of nitrogens with two attached hydrogens (primary N) is 1. The lowest BCUT2D eigenvalue weighted by Crippen LogP contribution is -2.15. The van der Waals surface area contributed by atoms with Gasteiger partial charge in [0.1, 0.15) is 16.9 Å². The van der Waals surface area contributed by atoms with Gasteiger partial charge in [-0.25, -0.2) is 0 Å². The largest absolute Gasteiger partial charge is 0.328 e. The van der Waals surface area contributed by atoms with Crippen molar-refractivity contribution in [2.45, 2.75) is 26.8 Å². The number of aliphatic imine (C=N–C) groups is 1. The standard InChI is InChI=1S/C18H18ClN5S/c1-9-10(2)25-18-15(9)16(12-4-6-13(19)7-5-12)21-14(8-20)17-23-22-11(3)24(17)18/h4-7,14H,8,20H2,1-3H3.